The Morgan fingerprint density at radius 2 is 1.76 bits per heavy atom. The molecule has 0 aliphatic carbocycles. The molecule has 0 aromatic heterocycles. The van der Waals surface area contributed by atoms with Crippen molar-refractivity contribution in [2.75, 3.05) is 6.61 Å². The van der Waals surface area contributed by atoms with E-state index in [-0.39, 0.29) is 6.54 Å². The van der Waals surface area contributed by atoms with E-state index in [2.05, 4.69) is 5.32 Å². The van der Waals surface area contributed by atoms with Crippen molar-refractivity contribution in [3.8, 4) is 0 Å². The molecule has 0 saturated heterocycles. The molecule has 0 spiro atoms. The molecule has 1 aromatic rings. The summed E-state index contributed by atoms with van der Waals surface area (Å²) in [6, 6.07) is 3.44. The van der Waals surface area contributed by atoms with Gasteiger partial charge in [-0.3, -0.25) is 0 Å². The quantitative estimate of drug-likeness (QED) is 0.786. The molecular weight excluding hydrogens is 238 g/mol. The van der Waals surface area contributed by atoms with Crippen LogP contribution in [-0.2, 0) is 6.54 Å². The normalized spacial score (nSPS) is 13.7. The van der Waals surface area contributed by atoms with Crippen molar-refractivity contribution in [2.24, 2.45) is 0 Å². The Hall–Kier alpha value is -1.14. The van der Waals surface area contributed by atoms with Gasteiger partial charge >= 0.3 is 6.18 Å². The second-order valence-corrected chi connectivity index (χ2v) is 3.61. The minimum atomic E-state index is -4.40. The Labute approximate surface area is 96.3 Å². The predicted molar refractivity (Wildman–Crippen MR) is 54.8 cm³/mol. The minimum Gasteiger partial charge on any atom is -0.396 e. The summed E-state index contributed by atoms with van der Waals surface area (Å²) >= 11 is 0. The van der Waals surface area contributed by atoms with Crippen LogP contribution in [0.2, 0.25) is 0 Å². The number of benzene rings is 1. The third kappa shape index (κ3) is 4.70. The van der Waals surface area contributed by atoms with Gasteiger partial charge in [-0.25, -0.2) is 4.39 Å². The topological polar surface area (TPSA) is 32.3 Å². The zero-order chi connectivity index (χ0) is 12.9. The lowest BCUT2D eigenvalue weighted by Gasteiger charge is -2.20. The molecule has 1 aromatic carbocycles. The molecule has 0 bridgehead atoms. The minimum absolute atomic E-state index is 0.0234. The van der Waals surface area contributed by atoms with Crippen LogP contribution >= 0.6 is 0 Å². The smallest absolute Gasteiger partial charge is 0.396 e. The molecule has 96 valence electrons. The van der Waals surface area contributed by atoms with E-state index in [1.54, 1.807) is 0 Å². The Bertz CT molecular complexity index is 336. The lowest BCUT2D eigenvalue weighted by Crippen LogP contribution is -2.42. The first-order chi connectivity index (χ1) is 7.93. The Morgan fingerprint density at radius 1 is 1.18 bits per heavy atom. The van der Waals surface area contributed by atoms with E-state index < -0.39 is 31.1 Å². The first kappa shape index (κ1) is 13.9. The van der Waals surface area contributed by atoms with Crippen molar-refractivity contribution in [3.63, 3.8) is 0 Å². The highest BCUT2D eigenvalue weighted by atomic mass is 19.4. The van der Waals surface area contributed by atoms with Gasteiger partial charge in [0.2, 0.25) is 0 Å². The zero-order valence-corrected chi connectivity index (χ0v) is 8.97. The van der Waals surface area contributed by atoms with Crippen LogP contribution in [0, 0.1) is 5.82 Å². The van der Waals surface area contributed by atoms with Crippen molar-refractivity contribution in [1.82, 2.24) is 5.32 Å². The first-order valence-corrected chi connectivity index (χ1v) is 5.09. The van der Waals surface area contributed by atoms with Gasteiger partial charge < -0.3 is 10.4 Å². The number of halogens is 4. The highest BCUT2D eigenvalue weighted by molar-refractivity contribution is 5.15. The van der Waals surface area contributed by atoms with Gasteiger partial charge in [-0.2, -0.15) is 13.2 Å². The van der Waals surface area contributed by atoms with Crippen LogP contribution in [0.4, 0.5) is 17.6 Å². The summed E-state index contributed by atoms with van der Waals surface area (Å²) in [4.78, 5) is 0. The molecule has 0 aliphatic rings. The predicted octanol–water partition coefficient (Wildman–Crippen LogP) is 2.23. The maximum absolute atomic E-state index is 12.6. The second kappa shape index (κ2) is 5.97. The van der Waals surface area contributed by atoms with Gasteiger partial charge in [-0.1, -0.05) is 12.1 Å². The molecule has 17 heavy (non-hydrogen) atoms. The zero-order valence-electron chi connectivity index (χ0n) is 8.97. The van der Waals surface area contributed by atoms with Crippen LogP contribution in [0.25, 0.3) is 0 Å². The molecule has 0 aliphatic heterocycles. The fraction of sp³-hybridized carbons (Fsp3) is 0.455. The third-order valence-corrected chi connectivity index (χ3v) is 2.28. The molecule has 6 heteroatoms. The summed E-state index contributed by atoms with van der Waals surface area (Å²) in [7, 11) is 0. The summed E-state index contributed by atoms with van der Waals surface area (Å²) in [6.07, 6.45) is -4.80. The number of aliphatic hydroxyl groups is 1. The number of hydrogen-bond acceptors (Lipinski definition) is 2. The van der Waals surface area contributed by atoms with E-state index in [1.165, 1.54) is 24.3 Å². The maximum atomic E-state index is 12.6. The lowest BCUT2D eigenvalue weighted by molar-refractivity contribution is -0.159. The Kier molecular flexibility index (Phi) is 4.89. The van der Waals surface area contributed by atoms with Crippen LogP contribution in [0.3, 0.4) is 0 Å². The standard InChI is InChI=1S/C11H13F4NO/c12-9-3-1-8(2-4-9)7-16-10(5-6-17)11(13,14)15/h1-4,10,16-17H,5-7H2. The van der Waals surface area contributed by atoms with E-state index in [9.17, 15) is 17.6 Å². The molecule has 0 radical (unpaired) electrons. The van der Waals surface area contributed by atoms with Gasteiger partial charge in [0.15, 0.2) is 0 Å². The fourth-order valence-electron chi connectivity index (χ4n) is 1.35. The molecular formula is C11H13F4NO. The van der Waals surface area contributed by atoms with Crippen molar-refractivity contribution in [1.29, 1.82) is 0 Å². The van der Waals surface area contributed by atoms with Gasteiger partial charge in [0, 0.05) is 13.2 Å². The van der Waals surface area contributed by atoms with E-state index >= 15 is 0 Å². The lowest BCUT2D eigenvalue weighted by atomic mass is 10.1. The second-order valence-electron chi connectivity index (χ2n) is 3.61. The third-order valence-electron chi connectivity index (χ3n) is 2.28. The van der Waals surface area contributed by atoms with Crippen LogP contribution < -0.4 is 5.32 Å². The van der Waals surface area contributed by atoms with Gasteiger partial charge in [0.05, 0.1) is 0 Å². The van der Waals surface area contributed by atoms with Gasteiger partial charge in [-0.05, 0) is 24.1 Å². The van der Waals surface area contributed by atoms with E-state index in [1.807, 2.05) is 0 Å². The molecule has 0 fully saturated rings. The monoisotopic (exact) mass is 251 g/mol. The van der Waals surface area contributed by atoms with Crippen LogP contribution in [0.15, 0.2) is 24.3 Å². The number of rotatable bonds is 5. The molecule has 1 rings (SSSR count). The van der Waals surface area contributed by atoms with E-state index in [0.29, 0.717) is 5.56 Å². The largest absolute Gasteiger partial charge is 0.403 e. The summed E-state index contributed by atoms with van der Waals surface area (Å²) in [5.41, 5.74) is 0.554. The SMILES string of the molecule is OCCC(NCc1ccc(F)cc1)C(F)(F)F. The molecule has 1 unspecified atom stereocenters. The van der Waals surface area contributed by atoms with E-state index in [0.717, 1.165) is 0 Å². The summed E-state index contributed by atoms with van der Waals surface area (Å²) in [6.45, 7) is -0.564. The Morgan fingerprint density at radius 3 is 2.24 bits per heavy atom. The highest BCUT2D eigenvalue weighted by Gasteiger charge is 2.38. The van der Waals surface area contributed by atoms with Crippen molar-refractivity contribution < 1.29 is 22.7 Å². The van der Waals surface area contributed by atoms with Crippen molar-refractivity contribution in [2.45, 2.75) is 25.2 Å². The number of aliphatic hydroxyl groups excluding tert-OH is 1. The number of hydrogen-bond donors (Lipinski definition) is 2. The number of nitrogens with one attached hydrogen (secondary N) is 1. The maximum Gasteiger partial charge on any atom is 0.403 e. The molecule has 0 saturated carbocycles. The average molecular weight is 251 g/mol. The van der Waals surface area contributed by atoms with Crippen LogP contribution in [-0.4, -0.2) is 23.9 Å². The molecule has 0 heterocycles. The molecule has 1 atom stereocenters. The fourth-order valence-corrected chi connectivity index (χ4v) is 1.35. The average Bonchev–Trinajstić information content (AvgIpc) is 2.25. The van der Waals surface area contributed by atoms with E-state index in [4.69, 9.17) is 5.11 Å². The molecule has 0 amide bonds. The van der Waals surface area contributed by atoms with Crippen molar-refractivity contribution in [3.05, 3.63) is 35.6 Å². The Balaban J connectivity index is 2.54. The summed E-state index contributed by atoms with van der Waals surface area (Å²) in [5, 5.41) is 10.8. The van der Waals surface area contributed by atoms with Gasteiger partial charge in [-0.15, -0.1) is 0 Å². The molecule has 2 nitrogen and oxygen atoms in total. The summed E-state index contributed by atoms with van der Waals surface area (Å²) < 4.78 is 49.9. The van der Waals surface area contributed by atoms with Crippen LogP contribution in [0.5, 0.6) is 0 Å². The van der Waals surface area contributed by atoms with Gasteiger partial charge in [0.1, 0.15) is 11.9 Å². The highest BCUT2D eigenvalue weighted by Crippen LogP contribution is 2.22. The summed E-state index contributed by atoms with van der Waals surface area (Å²) in [5.74, 6) is -0.434. The number of alkyl halides is 3. The van der Waals surface area contributed by atoms with Crippen LogP contribution in [0.1, 0.15) is 12.0 Å². The first-order valence-electron chi connectivity index (χ1n) is 5.09. The van der Waals surface area contributed by atoms with Crippen molar-refractivity contribution >= 4 is 0 Å². The molecule has 2 N–H and O–H groups in total. The van der Waals surface area contributed by atoms with Gasteiger partial charge in [0.25, 0.3) is 0 Å².